The number of para-hydroxylation sites is 2. The van der Waals surface area contributed by atoms with E-state index in [0.717, 1.165) is 11.4 Å². The van der Waals surface area contributed by atoms with Crippen molar-refractivity contribution in [3.63, 3.8) is 0 Å². The molecule has 14 heavy (non-hydrogen) atoms. The zero-order chi connectivity index (χ0) is 8.55. The zero-order valence-corrected chi connectivity index (χ0v) is 18.5. The van der Waals surface area contributed by atoms with E-state index < -0.39 is 0 Å². The number of carbonyl (C=O) groups excluding carboxylic acids is 1. The van der Waals surface area contributed by atoms with Gasteiger partial charge in [-0.25, -0.2) is 0 Å². The Kier molecular flexibility index (Phi) is 8.36. The first-order valence-electron chi connectivity index (χ1n) is 3.65. The summed E-state index contributed by atoms with van der Waals surface area (Å²) in [5.41, 5.74) is 0.810. The fourth-order valence-electron chi connectivity index (χ4n) is 1.15. The Morgan fingerprint density at radius 3 is 2.64 bits per heavy atom. The number of benzene rings is 1. The number of hydrogen-bond acceptors (Lipinski definition) is 2. The van der Waals surface area contributed by atoms with Crippen LogP contribution in [0.2, 0.25) is 0 Å². The third kappa shape index (κ3) is 3.48. The third-order valence-electron chi connectivity index (χ3n) is 1.84. The second-order valence-electron chi connectivity index (χ2n) is 2.60. The van der Waals surface area contributed by atoms with Crippen molar-refractivity contribution in [3.05, 3.63) is 30.9 Å². The molecular weight excluding hydrogens is 325 g/mol. The van der Waals surface area contributed by atoms with Crippen LogP contribution in [0.3, 0.4) is 0 Å². The second kappa shape index (κ2) is 7.33. The molecule has 0 saturated carbocycles. The quantitative estimate of drug-likeness (QED) is 0.446. The maximum Gasteiger partial charge on any atom is 1.00 e. The topological polar surface area (TPSA) is 29.5 Å². The van der Waals surface area contributed by atoms with Gasteiger partial charge >= 0.3 is 116 Å². The van der Waals surface area contributed by atoms with E-state index in [-0.39, 0.29) is 122 Å². The summed E-state index contributed by atoms with van der Waals surface area (Å²) in [4.78, 5) is 12.7. The Morgan fingerprint density at radius 2 is 1.93 bits per heavy atom. The van der Waals surface area contributed by atoms with Gasteiger partial charge in [-0.15, -0.1) is 6.61 Å². The minimum absolute atomic E-state index is 0. The molecule has 0 N–H and O–H groups in total. The number of anilines is 1. The van der Waals surface area contributed by atoms with E-state index in [0.29, 0.717) is 0 Å². The summed E-state index contributed by atoms with van der Waals surface area (Å²) in [7, 11) is 1.72. The Balaban J connectivity index is 0.000000845. The molecule has 62 valence electrons. The molecule has 3 nitrogen and oxygen atoms in total. The Bertz CT molecular complexity index is 330. The van der Waals surface area contributed by atoms with E-state index in [4.69, 9.17) is 4.74 Å². The Morgan fingerprint density at radius 1 is 1.29 bits per heavy atom. The normalized spacial score (nSPS) is 12.6. The molecule has 0 bridgehead atoms. The molecule has 0 atom stereocenters. The summed E-state index contributed by atoms with van der Waals surface area (Å²) in [5.74, 6) is 0.591. The van der Waals surface area contributed by atoms with Gasteiger partial charge in [-0.05, 0) is 12.1 Å². The van der Waals surface area contributed by atoms with E-state index in [1.807, 2.05) is 24.3 Å². The number of ether oxygens (including phenoxy) is 1. The van der Waals surface area contributed by atoms with Crippen molar-refractivity contribution in [2.45, 2.75) is 0 Å². The molecule has 0 unspecified atom stereocenters. The smallest absolute Gasteiger partial charge is 0.633 e. The maximum absolute atomic E-state index is 11.1. The van der Waals surface area contributed by atoms with Crippen LogP contribution in [-0.2, 0) is 4.79 Å². The van der Waals surface area contributed by atoms with E-state index in [1.54, 1.807) is 11.9 Å². The first-order valence-corrected chi connectivity index (χ1v) is 3.65. The molecular formula is C9H8NO2Rb2+. The average molecular weight is 333 g/mol. The summed E-state index contributed by atoms with van der Waals surface area (Å²) in [6.45, 7) is 1.21. The van der Waals surface area contributed by atoms with Gasteiger partial charge < -0.3 is 14.4 Å². The van der Waals surface area contributed by atoms with Gasteiger partial charge in [-0.1, -0.05) is 12.1 Å². The van der Waals surface area contributed by atoms with Crippen molar-refractivity contribution in [3.8, 4) is 5.75 Å². The zero-order valence-electron chi connectivity index (χ0n) is 8.65. The summed E-state index contributed by atoms with van der Waals surface area (Å²) in [5, 5.41) is 0. The molecule has 1 aliphatic rings. The second-order valence-corrected chi connectivity index (χ2v) is 2.60. The summed E-state index contributed by atoms with van der Waals surface area (Å²) in [6.07, 6.45) is 0. The van der Waals surface area contributed by atoms with E-state index in [2.05, 4.69) is 0 Å². The van der Waals surface area contributed by atoms with Crippen LogP contribution < -0.4 is 126 Å². The van der Waals surface area contributed by atoms with Crippen molar-refractivity contribution < 1.29 is 126 Å². The monoisotopic (exact) mass is 332 g/mol. The molecule has 0 fully saturated rings. The first-order chi connectivity index (χ1) is 5.79. The molecule has 2 rings (SSSR count). The largest absolute Gasteiger partial charge is 1.00 e. The van der Waals surface area contributed by atoms with Crippen LogP contribution in [0.15, 0.2) is 24.3 Å². The molecule has 1 aromatic rings. The Labute approximate surface area is 181 Å². The number of rotatable bonds is 0. The molecule has 0 aliphatic carbocycles. The van der Waals surface area contributed by atoms with Crippen molar-refractivity contribution in [2.75, 3.05) is 11.9 Å². The van der Waals surface area contributed by atoms with Crippen LogP contribution >= 0.6 is 0 Å². The predicted molar refractivity (Wildman–Crippen MR) is 44.8 cm³/mol. The van der Waals surface area contributed by atoms with Crippen molar-refractivity contribution >= 4 is 11.6 Å². The number of nitrogens with zero attached hydrogens (tertiary/aromatic N) is 1. The molecule has 5 heteroatoms. The van der Waals surface area contributed by atoms with Crippen LogP contribution in [-0.4, -0.2) is 13.0 Å². The third-order valence-corrected chi connectivity index (χ3v) is 1.84. The van der Waals surface area contributed by atoms with E-state index in [9.17, 15) is 4.79 Å². The molecule has 0 saturated heterocycles. The first kappa shape index (κ1) is 16.0. The van der Waals surface area contributed by atoms with Crippen LogP contribution in [0.5, 0.6) is 5.75 Å². The van der Waals surface area contributed by atoms with Crippen LogP contribution in [0.25, 0.3) is 0 Å². The van der Waals surface area contributed by atoms with Gasteiger partial charge in [0.05, 0.1) is 5.69 Å². The fraction of sp³-hybridized carbons (Fsp3) is 0.111. The number of amides is 1. The van der Waals surface area contributed by atoms with E-state index in [1.165, 1.54) is 6.61 Å². The van der Waals surface area contributed by atoms with Gasteiger partial charge in [-0.2, -0.15) is 0 Å². The van der Waals surface area contributed by atoms with Gasteiger partial charge in [0.2, 0.25) is 0 Å². The van der Waals surface area contributed by atoms with Crippen LogP contribution in [0, 0.1) is 6.61 Å². The Hall–Kier alpha value is 1.97. The van der Waals surface area contributed by atoms with E-state index >= 15 is 0 Å². The average Bonchev–Trinajstić information content (AvgIpc) is 2.12. The van der Waals surface area contributed by atoms with Crippen LogP contribution in [0.1, 0.15) is 0 Å². The molecule has 0 spiro atoms. The maximum atomic E-state index is 11.1. The van der Waals surface area contributed by atoms with Gasteiger partial charge in [0.15, 0.2) is 0 Å². The van der Waals surface area contributed by atoms with Crippen molar-refractivity contribution in [1.82, 2.24) is 0 Å². The summed E-state index contributed by atoms with van der Waals surface area (Å²) < 4.78 is 5.09. The summed E-state index contributed by atoms with van der Waals surface area (Å²) >= 11 is 0. The predicted octanol–water partition coefficient (Wildman–Crippen LogP) is -4.79. The minimum atomic E-state index is -0.131. The molecule has 1 heterocycles. The van der Waals surface area contributed by atoms with Gasteiger partial charge in [-0.3, -0.25) is 0 Å². The number of hydrogen-bond donors (Lipinski definition) is 0. The summed E-state index contributed by atoms with van der Waals surface area (Å²) in [6, 6.07) is 7.42. The van der Waals surface area contributed by atoms with Crippen LogP contribution in [0.4, 0.5) is 5.69 Å². The van der Waals surface area contributed by atoms with Gasteiger partial charge in [0.25, 0.3) is 0 Å². The van der Waals surface area contributed by atoms with Crippen molar-refractivity contribution in [1.29, 1.82) is 0 Å². The molecule has 0 radical (unpaired) electrons. The molecule has 1 aliphatic heterocycles. The van der Waals surface area contributed by atoms with Crippen molar-refractivity contribution in [2.24, 2.45) is 0 Å². The standard InChI is InChI=1S/C9H8NO2.2Rb/c1-10-7-4-2-3-5-8(7)12-6-9(10)11;;/h2-6H,1H3;;/q-1;2*+1. The number of carbonyl (C=O) groups is 1. The minimum Gasteiger partial charge on any atom is -0.633 e. The number of likely N-dealkylation sites (N-methyl/N-ethyl adjacent to an activating group) is 1. The molecule has 0 aromatic heterocycles. The number of fused-ring (bicyclic) bond motifs is 1. The van der Waals surface area contributed by atoms with Gasteiger partial charge in [0.1, 0.15) is 11.7 Å². The SMILES string of the molecule is CN1C(=O)[CH-]Oc2ccccc21.[Rb+].[Rb+]. The molecule has 1 aromatic carbocycles. The molecule has 1 amide bonds. The fourth-order valence-corrected chi connectivity index (χ4v) is 1.15. The van der Waals surface area contributed by atoms with Gasteiger partial charge in [0, 0.05) is 7.05 Å².